The Morgan fingerprint density at radius 2 is 1.68 bits per heavy atom. The van der Waals surface area contributed by atoms with Gasteiger partial charge in [0.25, 0.3) is 0 Å². The number of hydrogen-bond acceptors (Lipinski definition) is 4. The summed E-state index contributed by atoms with van der Waals surface area (Å²) in [6.45, 7) is 8.28. The predicted molar refractivity (Wildman–Crippen MR) is 90.9 cm³/mol. The zero-order valence-electron chi connectivity index (χ0n) is 15.0. The molecule has 0 rings (SSSR count). The number of rotatable bonds is 14. The molecule has 22 heavy (non-hydrogen) atoms. The molecule has 130 valence electrons. The maximum absolute atomic E-state index is 11.9. The molecule has 0 fully saturated rings. The minimum atomic E-state index is -0.829. The fraction of sp³-hybridized carbons (Fsp3) is 0.889. The molecule has 0 radical (unpaired) electrons. The van der Waals surface area contributed by atoms with Crippen LogP contribution in [0.1, 0.15) is 85.5 Å². The standard InChI is InChI=1S/C18H35NO3/c1-5-6-7-8-9-10-16(21)11-12-17(2,3)22-14-13-18(4,19)15-20/h15H,5-14,19H2,1-4H3. The van der Waals surface area contributed by atoms with Crippen LogP contribution in [0.15, 0.2) is 0 Å². The van der Waals surface area contributed by atoms with Crippen LogP contribution in [0.25, 0.3) is 0 Å². The summed E-state index contributed by atoms with van der Waals surface area (Å²) in [6, 6.07) is 0. The van der Waals surface area contributed by atoms with E-state index >= 15 is 0 Å². The molecule has 0 aromatic rings. The summed E-state index contributed by atoms with van der Waals surface area (Å²) in [5.74, 6) is 0.324. The van der Waals surface area contributed by atoms with Gasteiger partial charge in [-0.05, 0) is 40.0 Å². The Morgan fingerprint density at radius 1 is 1.05 bits per heavy atom. The molecule has 0 amide bonds. The summed E-state index contributed by atoms with van der Waals surface area (Å²) < 4.78 is 5.78. The van der Waals surface area contributed by atoms with E-state index in [-0.39, 0.29) is 5.60 Å². The summed E-state index contributed by atoms with van der Waals surface area (Å²) in [5.41, 5.74) is 4.58. The third-order valence-corrected chi connectivity index (χ3v) is 3.97. The second-order valence-electron chi connectivity index (χ2n) is 7.18. The number of aldehydes is 1. The average molecular weight is 313 g/mol. The molecular formula is C18H35NO3. The monoisotopic (exact) mass is 313 g/mol. The highest BCUT2D eigenvalue weighted by Gasteiger charge is 2.22. The highest BCUT2D eigenvalue weighted by molar-refractivity contribution is 5.78. The largest absolute Gasteiger partial charge is 0.375 e. The van der Waals surface area contributed by atoms with Crippen molar-refractivity contribution in [3.8, 4) is 0 Å². The lowest BCUT2D eigenvalue weighted by molar-refractivity contribution is -0.121. The second kappa shape index (κ2) is 10.9. The smallest absolute Gasteiger partial charge is 0.139 e. The van der Waals surface area contributed by atoms with Crippen LogP contribution in [0.3, 0.4) is 0 Å². The Labute approximate surface area is 136 Å². The molecule has 0 aliphatic rings. The highest BCUT2D eigenvalue weighted by atomic mass is 16.5. The van der Waals surface area contributed by atoms with Crippen LogP contribution < -0.4 is 5.73 Å². The predicted octanol–water partition coefficient (Wildman–Crippen LogP) is 3.80. The molecule has 0 bridgehead atoms. The van der Waals surface area contributed by atoms with Crippen molar-refractivity contribution in [2.75, 3.05) is 6.61 Å². The zero-order valence-corrected chi connectivity index (χ0v) is 15.0. The molecule has 1 atom stereocenters. The summed E-state index contributed by atoms with van der Waals surface area (Å²) in [4.78, 5) is 22.6. The van der Waals surface area contributed by atoms with Crippen LogP contribution in [0.2, 0.25) is 0 Å². The summed E-state index contributed by atoms with van der Waals surface area (Å²) in [6.07, 6.45) is 9.08. The minimum absolute atomic E-state index is 0.324. The highest BCUT2D eigenvalue weighted by Crippen LogP contribution is 2.19. The molecular weight excluding hydrogens is 278 g/mol. The van der Waals surface area contributed by atoms with Gasteiger partial charge in [0.1, 0.15) is 12.1 Å². The van der Waals surface area contributed by atoms with E-state index in [9.17, 15) is 9.59 Å². The van der Waals surface area contributed by atoms with E-state index in [0.29, 0.717) is 38.1 Å². The molecule has 4 nitrogen and oxygen atoms in total. The first-order valence-electron chi connectivity index (χ1n) is 8.63. The van der Waals surface area contributed by atoms with Gasteiger partial charge >= 0.3 is 0 Å². The lowest BCUT2D eigenvalue weighted by Gasteiger charge is -2.27. The van der Waals surface area contributed by atoms with Crippen molar-refractivity contribution >= 4 is 12.1 Å². The Balaban J connectivity index is 3.81. The molecule has 0 saturated carbocycles. The van der Waals surface area contributed by atoms with E-state index in [1.54, 1.807) is 6.92 Å². The number of ketones is 1. The van der Waals surface area contributed by atoms with Crippen LogP contribution in [-0.4, -0.2) is 29.8 Å². The van der Waals surface area contributed by atoms with Crippen LogP contribution in [0.5, 0.6) is 0 Å². The lowest BCUT2D eigenvalue weighted by Crippen LogP contribution is -2.40. The van der Waals surface area contributed by atoms with Crippen molar-refractivity contribution < 1.29 is 14.3 Å². The molecule has 0 heterocycles. The van der Waals surface area contributed by atoms with Crippen molar-refractivity contribution in [3.05, 3.63) is 0 Å². The summed E-state index contributed by atoms with van der Waals surface area (Å²) >= 11 is 0. The van der Waals surface area contributed by atoms with E-state index in [1.165, 1.54) is 19.3 Å². The van der Waals surface area contributed by atoms with Gasteiger partial charge in [0.05, 0.1) is 11.1 Å². The van der Waals surface area contributed by atoms with Crippen LogP contribution in [0.4, 0.5) is 0 Å². The van der Waals surface area contributed by atoms with Crippen LogP contribution in [0, 0.1) is 0 Å². The van der Waals surface area contributed by atoms with Crippen molar-refractivity contribution in [1.29, 1.82) is 0 Å². The van der Waals surface area contributed by atoms with Crippen molar-refractivity contribution in [2.24, 2.45) is 5.73 Å². The first-order chi connectivity index (χ1) is 10.2. The Bertz CT molecular complexity index is 324. The zero-order chi connectivity index (χ0) is 17.1. The van der Waals surface area contributed by atoms with Gasteiger partial charge < -0.3 is 15.3 Å². The van der Waals surface area contributed by atoms with Gasteiger partial charge in [-0.2, -0.15) is 0 Å². The number of nitrogens with two attached hydrogens (primary N) is 1. The van der Waals surface area contributed by atoms with Crippen LogP contribution >= 0.6 is 0 Å². The van der Waals surface area contributed by atoms with Crippen molar-refractivity contribution in [2.45, 2.75) is 96.6 Å². The topological polar surface area (TPSA) is 69.4 Å². The third-order valence-electron chi connectivity index (χ3n) is 3.97. The molecule has 1 unspecified atom stereocenters. The molecule has 0 aromatic heterocycles. The summed E-state index contributed by atoms with van der Waals surface area (Å²) in [5, 5.41) is 0. The van der Waals surface area contributed by atoms with Gasteiger partial charge in [0.2, 0.25) is 0 Å². The van der Waals surface area contributed by atoms with E-state index in [1.807, 2.05) is 13.8 Å². The van der Waals surface area contributed by atoms with Gasteiger partial charge in [-0.1, -0.05) is 32.6 Å². The number of ether oxygens (including phenoxy) is 1. The Hall–Kier alpha value is -0.740. The Morgan fingerprint density at radius 3 is 2.27 bits per heavy atom. The SMILES string of the molecule is CCCCCCCC(=O)CCC(C)(C)OCCC(C)(N)C=O. The van der Waals surface area contributed by atoms with E-state index < -0.39 is 5.54 Å². The average Bonchev–Trinajstić information content (AvgIpc) is 2.44. The van der Waals surface area contributed by atoms with Gasteiger partial charge in [0.15, 0.2) is 0 Å². The van der Waals surface area contributed by atoms with Gasteiger partial charge in [-0.3, -0.25) is 4.79 Å². The van der Waals surface area contributed by atoms with Crippen molar-refractivity contribution in [3.63, 3.8) is 0 Å². The van der Waals surface area contributed by atoms with E-state index in [2.05, 4.69) is 6.92 Å². The third kappa shape index (κ3) is 11.9. The number of Topliss-reactive ketones (excluding diaryl/α,β-unsaturated/α-hetero) is 1. The summed E-state index contributed by atoms with van der Waals surface area (Å²) in [7, 11) is 0. The maximum atomic E-state index is 11.9. The second-order valence-corrected chi connectivity index (χ2v) is 7.18. The molecule has 0 aliphatic heterocycles. The quantitative estimate of drug-likeness (QED) is 0.391. The van der Waals surface area contributed by atoms with E-state index in [4.69, 9.17) is 10.5 Å². The molecule has 0 aromatic carbocycles. The van der Waals surface area contributed by atoms with Gasteiger partial charge in [-0.25, -0.2) is 0 Å². The number of unbranched alkanes of at least 4 members (excludes halogenated alkanes) is 4. The molecule has 0 saturated heterocycles. The molecule has 2 N–H and O–H groups in total. The maximum Gasteiger partial charge on any atom is 0.139 e. The normalized spacial score (nSPS) is 14.6. The first-order valence-corrected chi connectivity index (χ1v) is 8.63. The minimum Gasteiger partial charge on any atom is -0.375 e. The number of carbonyl (C=O) groups is 2. The number of hydrogen-bond donors (Lipinski definition) is 1. The lowest BCUT2D eigenvalue weighted by atomic mass is 9.97. The van der Waals surface area contributed by atoms with Gasteiger partial charge in [-0.15, -0.1) is 0 Å². The fourth-order valence-electron chi connectivity index (χ4n) is 2.17. The molecule has 4 heteroatoms. The van der Waals surface area contributed by atoms with E-state index in [0.717, 1.165) is 19.1 Å². The number of carbonyl (C=O) groups excluding carboxylic acids is 2. The first kappa shape index (κ1) is 21.3. The van der Waals surface area contributed by atoms with Crippen LogP contribution in [-0.2, 0) is 14.3 Å². The Kier molecular flexibility index (Phi) is 10.5. The van der Waals surface area contributed by atoms with Gasteiger partial charge in [0, 0.05) is 19.4 Å². The molecule has 0 aliphatic carbocycles. The molecule has 0 spiro atoms. The van der Waals surface area contributed by atoms with Crippen molar-refractivity contribution in [1.82, 2.24) is 0 Å². The fourth-order valence-corrected chi connectivity index (χ4v) is 2.17.